The van der Waals surface area contributed by atoms with Crippen molar-refractivity contribution in [1.29, 1.82) is 0 Å². The number of aromatic nitrogens is 2. The van der Waals surface area contributed by atoms with Crippen molar-refractivity contribution in [3.05, 3.63) is 47.3 Å². The molecule has 0 radical (unpaired) electrons. The van der Waals surface area contributed by atoms with Crippen LogP contribution < -0.4 is 4.74 Å². The van der Waals surface area contributed by atoms with Crippen molar-refractivity contribution in [2.24, 2.45) is 0 Å². The first-order valence-electron chi connectivity index (χ1n) is 8.67. The van der Waals surface area contributed by atoms with Crippen LogP contribution in [0.3, 0.4) is 0 Å². The molecule has 0 aliphatic carbocycles. The van der Waals surface area contributed by atoms with Gasteiger partial charge in [-0.15, -0.1) is 0 Å². The number of amides is 1. The predicted octanol–water partition coefficient (Wildman–Crippen LogP) is 3.85. The first kappa shape index (κ1) is 19.1. The first-order valence-corrected chi connectivity index (χ1v) is 8.67. The lowest BCUT2D eigenvalue weighted by Gasteiger charge is -2.35. The third-order valence-electron chi connectivity index (χ3n) is 4.73. The van der Waals surface area contributed by atoms with Gasteiger partial charge < -0.3 is 14.4 Å². The lowest BCUT2D eigenvalue weighted by atomic mass is 10.0. The summed E-state index contributed by atoms with van der Waals surface area (Å²) in [5, 5.41) is 9.51. The molecule has 1 unspecified atom stereocenters. The summed E-state index contributed by atoms with van der Waals surface area (Å²) in [6, 6.07) is 3.40. The van der Waals surface area contributed by atoms with Crippen LogP contribution in [0.1, 0.15) is 36.5 Å². The number of benzene rings is 1. The van der Waals surface area contributed by atoms with E-state index in [9.17, 15) is 23.1 Å². The third-order valence-corrected chi connectivity index (χ3v) is 4.73. The van der Waals surface area contributed by atoms with Gasteiger partial charge in [-0.1, -0.05) is 13.0 Å². The highest BCUT2D eigenvalue weighted by Gasteiger charge is 2.32. The zero-order valence-electron chi connectivity index (χ0n) is 14.7. The second kappa shape index (κ2) is 7.89. The Bertz CT molecular complexity index is 825. The van der Waals surface area contributed by atoms with Crippen molar-refractivity contribution in [2.75, 3.05) is 6.54 Å². The molecule has 0 bridgehead atoms. The highest BCUT2D eigenvalue weighted by Crippen LogP contribution is 2.31. The Balaban J connectivity index is 1.78. The summed E-state index contributed by atoms with van der Waals surface area (Å²) in [7, 11) is 0. The van der Waals surface area contributed by atoms with E-state index >= 15 is 0 Å². The normalized spacial score (nSPS) is 16.5. The minimum absolute atomic E-state index is 0.353. The number of hydrogen-bond donors (Lipinski definition) is 1. The Morgan fingerprint density at radius 3 is 2.81 bits per heavy atom. The van der Waals surface area contributed by atoms with Crippen LogP contribution in [-0.4, -0.2) is 38.8 Å². The molecule has 1 amide bonds. The van der Waals surface area contributed by atoms with E-state index in [0.29, 0.717) is 31.5 Å². The zero-order chi connectivity index (χ0) is 19.6. The Morgan fingerprint density at radius 2 is 2.19 bits per heavy atom. The van der Waals surface area contributed by atoms with E-state index in [1.54, 1.807) is 6.20 Å². The number of aryl methyl sites for hydroxylation is 2. The molecule has 1 atom stereocenters. The Labute approximate surface area is 154 Å². The highest BCUT2D eigenvalue weighted by molar-refractivity contribution is 5.66. The van der Waals surface area contributed by atoms with Crippen LogP contribution in [-0.2, 0) is 19.4 Å². The smallest absolute Gasteiger partial charge is 0.407 e. The van der Waals surface area contributed by atoms with Crippen LogP contribution in [0.2, 0.25) is 0 Å². The number of nitrogens with zero attached hydrogens (tertiary/aromatic N) is 3. The summed E-state index contributed by atoms with van der Waals surface area (Å²) in [6.07, 6.45) is 2.23. The van der Waals surface area contributed by atoms with Crippen molar-refractivity contribution in [3.8, 4) is 5.75 Å². The van der Waals surface area contributed by atoms with Gasteiger partial charge in [0.1, 0.15) is 5.82 Å². The number of ether oxygens (including phenoxy) is 1. The molecule has 2 aromatic rings. The first-order chi connectivity index (χ1) is 12.9. The van der Waals surface area contributed by atoms with Gasteiger partial charge in [-0.2, -0.15) is 8.78 Å². The summed E-state index contributed by atoms with van der Waals surface area (Å²) in [6.45, 7) is -0.202. The molecule has 1 N–H and O–H groups in total. The number of hydrogen-bond acceptors (Lipinski definition) is 3. The molecule has 1 aromatic carbocycles. The van der Waals surface area contributed by atoms with E-state index < -0.39 is 30.3 Å². The Kier molecular flexibility index (Phi) is 5.57. The molecule has 9 heteroatoms. The molecule has 3 rings (SSSR count). The van der Waals surface area contributed by atoms with Crippen LogP contribution >= 0.6 is 0 Å². The molecule has 0 fully saturated rings. The molecule has 27 heavy (non-hydrogen) atoms. The molecule has 1 aromatic heterocycles. The van der Waals surface area contributed by atoms with Gasteiger partial charge in [0.05, 0.1) is 17.9 Å². The predicted molar refractivity (Wildman–Crippen MR) is 90.4 cm³/mol. The average Bonchev–Trinajstić information content (AvgIpc) is 3.04. The third kappa shape index (κ3) is 4.01. The standard InChI is InChI=1S/C18H20F3N3O3/c1-2-16-22-10-14-13(24(18(25)26)8-7-23(14)16)5-3-11-4-6-15(12(19)9-11)27-17(20)21/h4,6,9-10,13,17H,2-3,5,7-8H2,1H3,(H,25,26). The SMILES string of the molecule is CCc1ncc2n1CCN(C(=O)O)C2CCc1ccc(OC(F)F)c(F)c1. The van der Waals surface area contributed by atoms with Crippen molar-refractivity contribution in [2.45, 2.75) is 45.4 Å². The van der Waals surface area contributed by atoms with Crippen LogP contribution in [0.25, 0.3) is 0 Å². The average molecular weight is 383 g/mol. The molecule has 1 aliphatic heterocycles. The number of carbonyl (C=O) groups is 1. The summed E-state index contributed by atoms with van der Waals surface area (Å²) < 4.78 is 44.5. The molecular formula is C18H20F3N3O3. The molecule has 1 aliphatic rings. The fourth-order valence-corrected chi connectivity index (χ4v) is 3.49. The van der Waals surface area contributed by atoms with Crippen LogP contribution in [0.15, 0.2) is 24.4 Å². The number of halogens is 3. The topological polar surface area (TPSA) is 67.6 Å². The number of rotatable bonds is 6. The lowest BCUT2D eigenvalue weighted by molar-refractivity contribution is -0.0522. The van der Waals surface area contributed by atoms with E-state index in [4.69, 9.17) is 0 Å². The van der Waals surface area contributed by atoms with Crippen molar-refractivity contribution >= 4 is 6.09 Å². The van der Waals surface area contributed by atoms with E-state index in [1.165, 1.54) is 11.0 Å². The minimum Gasteiger partial charge on any atom is -0.465 e. The van der Waals surface area contributed by atoms with Crippen molar-refractivity contribution in [1.82, 2.24) is 14.5 Å². The Hall–Kier alpha value is -2.71. The van der Waals surface area contributed by atoms with Gasteiger partial charge in [0.2, 0.25) is 0 Å². The fraction of sp³-hybridized carbons (Fsp3) is 0.444. The molecule has 6 nitrogen and oxygen atoms in total. The van der Waals surface area contributed by atoms with Crippen LogP contribution in [0, 0.1) is 5.82 Å². The summed E-state index contributed by atoms with van der Waals surface area (Å²) in [5.74, 6) is -0.478. The van der Waals surface area contributed by atoms with Gasteiger partial charge in [0.25, 0.3) is 0 Å². The number of carboxylic acid groups (broad SMARTS) is 1. The van der Waals surface area contributed by atoms with Gasteiger partial charge >= 0.3 is 12.7 Å². The highest BCUT2D eigenvalue weighted by atomic mass is 19.3. The van der Waals surface area contributed by atoms with Gasteiger partial charge in [-0.05, 0) is 30.5 Å². The lowest BCUT2D eigenvalue weighted by Crippen LogP contribution is -2.41. The van der Waals surface area contributed by atoms with Gasteiger partial charge in [0.15, 0.2) is 11.6 Å². The summed E-state index contributed by atoms with van der Waals surface area (Å²) in [5.41, 5.74) is 1.39. The second-order valence-corrected chi connectivity index (χ2v) is 6.28. The molecular weight excluding hydrogens is 363 g/mol. The maximum absolute atomic E-state index is 13.9. The van der Waals surface area contributed by atoms with Crippen LogP contribution in [0.4, 0.5) is 18.0 Å². The van der Waals surface area contributed by atoms with Gasteiger partial charge in [0, 0.05) is 19.5 Å². The van der Waals surface area contributed by atoms with Crippen LogP contribution in [0.5, 0.6) is 5.75 Å². The quantitative estimate of drug-likeness (QED) is 0.823. The molecule has 0 saturated heterocycles. The van der Waals surface area contributed by atoms with E-state index in [0.717, 1.165) is 30.1 Å². The number of fused-ring (bicyclic) bond motifs is 1. The molecule has 2 heterocycles. The summed E-state index contributed by atoms with van der Waals surface area (Å²) in [4.78, 5) is 17.3. The number of alkyl halides is 2. The van der Waals surface area contributed by atoms with E-state index in [-0.39, 0.29) is 0 Å². The fourth-order valence-electron chi connectivity index (χ4n) is 3.49. The minimum atomic E-state index is -3.09. The van der Waals surface area contributed by atoms with Crippen molar-refractivity contribution < 1.29 is 27.8 Å². The van der Waals surface area contributed by atoms with Gasteiger partial charge in [-0.25, -0.2) is 14.2 Å². The summed E-state index contributed by atoms with van der Waals surface area (Å²) >= 11 is 0. The molecule has 146 valence electrons. The molecule has 0 spiro atoms. The van der Waals surface area contributed by atoms with Crippen molar-refractivity contribution in [3.63, 3.8) is 0 Å². The van der Waals surface area contributed by atoms with E-state index in [2.05, 4.69) is 9.72 Å². The maximum Gasteiger partial charge on any atom is 0.407 e. The maximum atomic E-state index is 13.9. The second-order valence-electron chi connectivity index (χ2n) is 6.28. The molecule has 0 saturated carbocycles. The largest absolute Gasteiger partial charge is 0.465 e. The number of imidazole rings is 1. The Morgan fingerprint density at radius 1 is 1.41 bits per heavy atom. The monoisotopic (exact) mass is 383 g/mol. The van der Waals surface area contributed by atoms with E-state index in [1.807, 2.05) is 11.5 Å². The zero-order valence-corrected chi connectivity index (χ0v) is 14.7. The van der Waals surface area contributed by atoms with Gasteiger partial charge in [-0.3, -0.25) is 4.90 Å².